The van der Waals surface area contributed by atoms with E-state index >= 15 is 0 Å². The number of rotatable bonds is 9. The molecule has 7 nitrogen and oxygen atoms in total. The number of sulfonamides is 1. The van der Waals surface area contributed by atoms with Gasteiger partial charge >= 0.3 is 0 Å². The highest BCUT2D eigenvalue weighted by molar-refractivity contribution is 9.10. The summed E-state index contributed by atoms with van der Waals surface area (Å²) in [6.45, 7) is 2.91. The van der Waals surface area contributed by atoms with Crippen LogP contribution in [0.15, 0.2) is 76.1 Å². The standard InChI is InChI=1S/C26H26BrCl2N3O4S/c1-17-7-13-21(14-8-17)37(35,36)32(23-6-4-5-22(28)25(23)29)16-24(33)31(18(2)26(34)30-3)15-19-9-11-20(27)12-10-19/h4-14,18H,15-16H2,1-3H3,(H,30,34)/t18-/m0/s1. The number of carbonyl (C=O) groups is 2. The zero-order valence-corrected chi connectivity index (χ0v) is 24.3. The molecule has 0 aliphatic carbocycles. The predicted molar refractivity (Wildman–Crippen MR) is 150 cm³/mol. The van der Waals surface area contributed by atoms with Crippen molar-refractivity contribution in [2.24, 2.45) is 0 Å². The highest BCUT2D eigenvalue weighted by Gasteiger charge is 2.33. The second-order valence-electron chi connectivity index (χ2n) is 8.34. The largest absolute Gasteiger partial charge is 0.357 e. The summed E-state index contributed by atoms with van der Waals surface area (Å²) in [6, 6.07) is 17.2. The number of likely N-dealkylation sites (N-methyl/N-ethyl adjacent to an activating group) is 1. The summed E-state index contributed by atoms with van der Waals surface area (Å²) in [6.07, 6.45) is 0. The first-order valence-corrected chi connectivity index (χ1v) is 14.2. The molecule has 0 unspecified atom stereocenters. The Balaban J connectivity index is 2.07. The first-order chi connectivity index (χ1) is 17.4. The number of benzene rings is 3. The minimum absolute atomic E-state index is 0.00790. The number of anilines is 1. The molecule has 0 aliphatic heterocycles. The van der Waals surface area contributed by atoms with Crippen molar-refractivity contribution in [1.29, 1.82) is 0 Å². The van der Waals surface area contributed by atoms with Gasteiger partial charge in [-0.2, -0.15) is 0 Å². The number of aryl methyl sites for hydroxylation is 1. The van der Waals surface area contributed by atoms with Gasteiger partial charge in [0.05, 0.1) is 20.6 Å². The van der Waals surface area contributed by atoms with Gasteiger partial charge in [-0.3, -0.25) is 13.9 Å². The molecule has 37 heavy (non-hydrogen) atoms. The zero-order valence-electron chi connectivity index (χ0n) is 20.4. The van der Waals surface area contributed by atoms with Crippen LogP contribution >= 0.6 is 39.1 Å². The van der Waals surface area contributed by atoms with E-state index in [0.717, 1.165) is 19.9 Å². The Kier molecular flexibility index (Phi) is 9.63. The van der Waals surface area contributed by atoms with Crippen LogP contribution in [0, 0.1) is 6.92 Å². The fourth-order valence-electron chi connectivity index (χ4n) is 3.61. The Morgan fingerprint density at radius 3 is 2.22 bits per heavy atom. The van der Waals surface area contributed by atoms with Crippen molar-refractivity contribution in [3.05, 3.63) is 92.4 Å². The van der Waals surface area contributed by atoms with Crippen LogP contribution < -0.4 is 9.62 Å². The normalized spacial score (nSPS) is 12.1. The van der Waals surface area contributed by atoms with E-state index in [1.54, 1.807) is 25.1 Å². The Morgan fingerprint density at radius 1 is 1.00 bits per heavy atom. The van der Waals surface area contributed by atoms with Crippen LogP contribution in [0.4, 0.5) is 5.69 Å². The van der Waals surface area contributed by atoms with Crippen molar-refractivity contribution < 1.29 is 18.0 Å². The molecule has 3 aromatic rings. The number of carbonyl (C=O) groups excluding carboxylic acids is 2. The number of amides is 2. The van der Waals surface area contributed by atoms with Crippen molar-refractivity contribution in [3.8, 4) is 0 Å². The van der Waals surface area contributed by atoms with E-state index in [9.17, 15) is 18.0 Å². The second kappa shape index (κ2) is 12.3. The van der Waals surface area contributed by atoms with Crippen molar-refractivity contribution in [2.45, 2.75) is 31.3 Å². The lowest BCUT2D eigenvalue weighted by Crippen LogP contribution is -2.50. The van der Waals surface area contributed by atoms with Gasteiger partial charge in [-0.15, -0.1) is 0 Å². The lowest BCUT2D eigenvalue weighted by molar-refractivity contribution is -0.139. The maximum atomic E-state index is 13.8. The number of nitrogens with zero attached hydrogens (tertiary/aromatic N) is 2. The van der Waals surface area contributed by atoms with Gasteiger partial charge in [0, 0.05) is 18.1 Å². The van der Waals surface area contributed by atoms with Gasteiger partial charge in [0.15, 0.2) is 0 Å². The molecule has 0 fully saturated rings. The van der Waals surface area contributed by atoms with Crippen LogP contribution in [0.5, 0.6) is 0 Å². The van der Waals surface area contributed by atoms with E-state index in [-0.39, 0.29) is 33.1 Å². The molecule has 3 aromatic carbocycles. The van der Waals surface area contributed by atoms with E-state index < -0.39 is 28.5 Å². The maximum absolute atomic E-state index is 13.8. The number of halogens is 3. The van der Waals surface area contributed by atoms with Crippen LogP contribution in [0.2, 0.25) is 10.0 Å². The molecule has 0 aromatic heterocycles. The summed E-state index contributed by atoms with van der Waals surface area (Å²) in [5, 5.41) is 2.68. The van der Waals surface area contributed by atoms with E-state index in [2.05, 4.69) is 21.2 Å². The molecule has 0 saturated heterocycles. The Labute approximate surface area is 235 Å². The van der Waals surface area contributed by atoms with Crippen molar-refractivity contribution in [1.82, 2.24) is 10.2 Å². The zero-order chi connectivity index (χ0) is 27.3. The fraction of sp³-hybridized carbons (Fsp3) is 0.231. The third-order valence-electron chi connectivity index (χ3n) is 5.77. The monoisotopic (exact) mass is 625 g/mol. The van der Waals surface area contributed by atoms with E-state index in [1.807, 2.05) is 31.2 Å². The molecular formula is C26H26BrCl2N3O4S. The lowest BCUT2D eigenvalue weighted by atomic mass is 10.1. The SMILES string of the molecule is CNC(=O)[C@H](C)N(Cc1ccc(Br)cc1)C(=O)CN(c1cccc(Cl)c1Cl)S(=O)(=O)c1ccc(C)cc1. The minimum Gasteiger partial charge on any atom is -0.357 e. The molecule has 3 rings (SSSR count). The van der Waals surface area contributed by atoms with Gasteiger partial charge in [-0.05, 0) is 55.8 Å². The van der Waals surface area contributed by atoms with Crippen molar-refractivity contribution in [3.63, 3.8) is 0 Å². The quantitative estimate of drug-likeness (QED) is 0.344. The van der Waals surface area contributed by atoms with Gasteiger partial charge in [0.1, 0.15) is 12.6 Å². The van der Waals surface area contributed by atoms with Crippen molar-refractivity contribution >= 4 is 66.7 Å². The molecule has 0 aliphatic rings. The van der Waals surface area contributed by atoms with Crippen molar-refractivity contribution in [2.75, 3.05) is 17.9 Å². The summed E-state index contributed by atoms with van der Waals surface area (Å²) in [5.74, 6) is -0.982. The van der Waals surface area contributed by atoms with Crippen LogP contribution in [-0.4, -0.2) is 44.8 Å². The van der Waals surface area contributed by atoms with E-state index in [1.165, 1.54) is 36.2 Å². The second-order valence-corrected chi connectivity index (χ2v) is 11.9. The topological polar surface area (TPSA) is 86.8 Å². The summed E-state index contributed by atoms with van der Waals surface area (Å²) >= 11 is 16.0. The molecule has 0 saturated carbocycles. The summed E-state index contributed by atoms with van der Waals surface area (Å²) < 4.78 is 29.4. The van der Waals surface area contributed by atoms with Gasteiger partial charge in [0.2, 0.25) is 11.8 Å². The summed E-state index contributed by atoms with van der Waals surface area (Å²) in [4.78, 5) is 27.6. The molecule has 2 amide bonds. The fourth-order valence-corrected chi connectivity index (χ4v) is 5.75. The molecule has 1 N–H and O–H groups in total. The van der Waals surface area contributed by atoms with Gasteiger partial charge in [-0.1, -0.05) is 75.0 Å². The highest BCUT2D eigenvalue weighted by atomic mass is 79.9. The first-order valence-electron chi connectivity index (χ1n) is 11.2. The molecular weight excluding hydrogens is 601 g/mol. The van der Waals surface area contributed by atoms with Crippen LogP contribution in [-0.2, 0) is 26.2 Å². The van der Waals surface area contributed by atoms with Gasteiger partial charge in [0.25, 0.3) is 10.0 Å². The Bertz CT molecular complexity index is 1380. The Hall–Kier alpha value is -2.59. The van der Waals surface area contributed by atoms with E-state index in [4.69, 9.17) is 23.2 Å². The van der Waals surface area contributed by atoms with E-state index in [0.29, 0.717) is 0 Å². The Morgan fingerprint density at radius 2 is 1.62 bits per heavy atom. The van der Waals surface area contributed by atoms with Crippen LogP contribution in [0.3, 0.4) is 0 Å². The molecule has 196 valence electrons. The smallest absolute Gasteiger partial charge is 0.264 e. The number of hydrogen-bond donors (Lipinski definition) is 1. The molecule has 0 spiro atoms. The van der Waals surface area contributed by atoms with Crippen LogP contribution in [0.25, 0.3) is 0 Å². The third-order valence-corrected chi connectivity index (χ3v) is 8.88. The van der Waals surface area contributed by atoms with Gasteiger partial charge < -0.3 is 10.2 Å². The predicted octanol–water partition coefficient (Wildman–Crippen LogP) is 5.42. The first kappa shape index (κ1) is 29.0. The summed E-state index contributed by atoms with van der Waals surface area (Å²) in [7, 11) is -2.76. The minimum atomic E-state index is -4.23. The average Bonchev–Trinajstić information content (AvgIpc) is 2.88. The molecule has 0 heterocycles. The lowest BCUT2D eigenvalue weighted by Gasteiger charge is -2.32. The average molecular weight is 627 g/mol. The van der Waals surface area contributed by atoms with Crippen LogP contribution in [0.1, 0.15) is 18.1 Å². The molecule has 0 radical (unpaired) electrons. The number of nitrogens with one attached hydrogen (secondary N) is 1. The van der Waals surface area contributed by atoms with Gasteiger partial charge in [-0.25, -0.2) is 8.42 Å². The maximum Gasteiger partial charge on any atom is 0.264 e. The molecule has 1 atom stereocenters. The number of hydrogen-bond acceptors (Lipinski definition) is 4. The summed E-state index contributed by atoms with van der Waals surface area (Å²) in [5.41, 5.74) is 1.70. The molecule has 0 bridgehead atoms. The molecule has 11 heteroatoms. The third kappa shape index (κ3) is 6.84. The highest BCUT2D eigenvalue weighted by Crippen LogP contribution is 2.35.